The Balaban J connectivity index is 2.77. The molecule has 0 amide bonds. The molecule has 0 aliphatic heterocycles. The fourth-order valence-corrected chi connectivity index (χ4v) is 3.03. The van der Waals surface area contributed by atoms with Crippen molar-refractivity contribution in [3.63, 3.8) is 0 Å². The molecule has 0 aliphatic carbocycles. The van der Waals surface area contributed by atoms with Gasteiger partial charge in [-0.05, 0) is 38.6 Å². The first-order valence-corrected chi connectivity index (χ1v) is 9.48. The first-order valence-electron chi connectivity index (χ1n) is 7.42. The molecule has 0 aromatic heterocycles. The molecule has 1 rings (SSSR count). The number of likely N-dealkylation sites (N-methyl/N-ethyl adjacent to an activating group) is 2. The van der Waals surface area contributed by atoms with Gasteiger partial charge in [-0.15, -0.1) is 0 Å². The largest absolute Gasteiger partial charge is 0.312 e. The van der Waals surface area contributed by atoms with Crippen molar-refractivity contribution in [2.45, 2.75) is 32.4 Å². The summed E-state index contributed by atoms with van der Waals surface area (Å²) in [5.74, 6) is 0.193. The van der Waals surface area contributed by atoms with E-state index in [9.17, 15) is 8.42 Å². The van der Waals surface area contributed by atoms with Gasteiger partial charge in [0.1, 0.15) is 9.84 Å². The summed E-state index contributed by atoms with van der Waals surface area (Å²) in [7, 11) is 0.996. The Bertz CT molecular complexity index is 526. The molecular formula is C16H28N2O2S. The highest BCUT2D eigenvalue weighted by Crippen LogP contribution is 2.20. The second-order valence-corrected chi connectivity index (χ2v) is 7.97. The molecular weight excluding hydrogens is 284 g/mol. The first-order chi connectivity index (χ1) is 9.78. The van der Waals surface area contributed by atoms with Gasteiger partial charge >= 0.3 is 0 Å². The van der Waals surface area contributed by atoms with Crippen LogP contribution in [0.1, 0.15) is 31.0 Å². The average molecular weight is 312 g/mol. The Morgan fingerprint density at radius 1 is 1.24 bits per heavy atom. The maximum atomic E-state index is 11.3. The molecule has 0 radical (unpaired) electrons. The van der Waals surface area contributed by atoms with Crippen molar-refractivity contribution < 1.29 is 8.42 Å². The number of hydrogen-bond acceptors (Lipinski definition) is 4. The minimum absolute atomic E-state index is 0.181. The van der Waals surface area contributed by atoms with Gasteiger partial charge in [0.15, 0.2) is 0 Å². The molecule has 1 aromatic rings. The fraction of sp³-hybridized carbons (Fsp3) is 0.625. The number of aryl methyl sites for hydroxylation is 1. The van der Waals surface area contributed by atoms with Crippen LogP contribution in [0.5, 0.6) is 0 Å². The number of rotatable bonds is 8. The zero-order chi connectivity index (χ0) is 16.0. The van der Waals surface area contributed by atoms with Gasteiger partial charge in [0.25, 0.3) is 0 Å². The Kier molecular flexibility index (Phi) is 6.84. The van der Waals surface area contributed by atoms with E-state index < -0.39 is 9.84 Å². The minimum atomic E-state index is -2.92. The molecule has 120 valence electrons. The lowest BCUT2D eigenvalue weighted by Crippen LogP contribution is -2.41. The van der Waals surface area contributed by atoms with Crippen LogP contribution in [0.25, 0.3) is 0 Å². The van der Waals surface area contributed by atoms with Gasteiger partial charge in [-0.1, -0.05) is 31.2 Å². The van der Waals surface area contributed by atoms with Crippen molar-refractivity contribution in [2.24, 2.45) is 0 Å². The number of nitrogens with one attached hydrogen (secondary N) is 1. The maximum Gasteiger partial charge on any atom is 0.148 e. The zero-order valence-electron chi connectivity index (χ0n) is 13.8. The van der Waals surface area contributed by atoms with E-state index in [0.29, 0.717) is 6.54 Å². The Morgan fingerprint density at radius 3 is 2.24 bits per heavy atom. The summed E-state index contributed by atoms with van der Waals surface area (Å²) in [6, 6.07) is 9.01. The Labute approximate surface area is 129 Å². The first kappa shape index (κ1) is 18.1. The van der Waals surface area contributed by atoms with Crippen LogP contribution in [0.2, 0.25) is 0 Å². The lowest BCUT2D eigenvalue weighted by Gasteiger charge is -2.32. The summed E-state index contributed by atoms with van der Waals surface area (Å²) < 4.78 is 22.6. The minimum Gasteiger partial charge on any atom is -0.312 e. The van der Waals surface area contributed by atoms with E-state index in [2.05, 4.69) is 48.3 Å². The summed E-state index contributed by atoms with van der Waals surface area (Å²) in [5.41, 5.74) is 2.56. The van der Waals surface area contributed by atoms with Crippen molar-refractivity contribution in [1.29, 1.82) is 0 Å². The van der Waals surface area contributed by atoms with Gasteiger partial charge in [0.05, 0.1) is 5.75 Å². The predicted molar refractivity (Wildman–Crippen MR) is 89.4 cm³/mol. The third kappa shape index (κ3) is 5.77. The molecule has 1 aromatic carbocycles. The quantitative estimate of drug-likeness (QED) is 0.796. The smallest absolute Gasteiger partial charge is 0.148 e. The van der Waals surface area contributed by atoms with Gasteiger partial charge in [-0.3, -0.25) is 0 Å². The molecule has 0 aliphatic rings. The van der Waals surface area contributed by atoms with E-state index in [0.717, 1.165) is 6.42 Å². The van der Waals surface area contributed by atoms with Crippen LogP contribution in [-0.4, -0.2) is 52.0 Å². The zero-order valence-corrected chi connectivity index (χ0v) is 14.6. The monoisotopic (exact) mass is 312 g/mol. The van der Waals surface area contributed by atoms with E-state index in [1.807, 2.05) is 14.1 Å². The molecule has 0 fully saturated rings. The second-order valence-electron chi connectivity index (χ2n) is 5.71. The standard InChI is InChI=1S/C16H28N2O2S/c1-6-14-7-9-15(10-8-14)16(17-3)13(2)18(4)11-12-21(5,19)20/h7-10,13,16-17H,6,11-12H2,1-5H3. The molecule has 0 spiro atoms. The third-order valence-electron chi connectivity index (χ3n) is 4.05. The fourth-order valence-electron chi connectivity index (χ4n) is 2.41. The summed E-state index contributed by atoms with van der Waals surface area (Å²) in [5, 5.41) is 3.34. The average Bonchev–Trinajstić information content (AvgIpc) is 2.45. The lowest BCUT2D eigenvalue weighted by atomic mass is 9.98. The molecule has 1 N–H and O–H groups in total. The molecule has 21 heavy (non-hydrogen) atoms. The van der Waals surface area contributed by atoms with Crippen molar-refractivity contribution in [3.05, 3.63) is 35.4 Å². The van der Waals surface area contributed by atoms with Crippen molar-refractivity contribution in [1.82, 2.24) is 10.2 Å². The number of benzene rings is 1. The number of hydrogen-bond donors (Lipinski definition) is 1. The molecule has 5 heteroatoms. The highest BCUT2D eigenvalue weighted by molar-refractivity contribution is 7.90. The Morgan fingerprint density at radius 2 is 1.81 bits per heavy atom. The highest BCUT2D eigenvalue weighted by atomic mass is 32.2. The van der Waals surface area contributed by atoms with Crippen LogP contribution < -0.4 is 5.32 Å². The molecule has 0 saturated heterocycles. The molecule has 0 bridgehead atoms. The predicted octanol–water partition coefficient (Wildman–Crippen LogP) is 1.87. The maximum absolute atomic E-state index is 11.3. The van der Waals surface area contributed by atoms with Gasteiger partial charge in [-0.2, -0.15) is 0 Å². The SMILES string of the molecule is CCc1ccc(C(NC)C(C)N(C)CCS(C)(=O)=O)cc1. The summed E-state index contributed by atoms with van der Waals surface area (Å²) in [4.78, 5) is 2.09. The van der Waals surface area contributed by atoms with Gasteiger partial charge in [0.2, 0.25) is 0 Å². The van der Waals surface area contributed by atoms with Crippen LogP contribution in [0.15, 0.2) is 24.3 Å². The van der Waals surface area contributed by atoms with Gasteiger partial charge in [0, 0.05) is 24.9 Å². The third-order valence-corrected chi connectivity index (χ3v) is 4.97. The second kappa shape index (κ2) is 7.92. The van der Waals surface area contributed by atoms with Crippen molar-refractivity contribution in [3.8, 4) is 0 Å². The lowest BCUT2D eigenvalue weighted by molar-refractivity contribution is 0.222. The molecule has 0 saturated carbocycles. The summed E-state index contributed by atoms with van der Waals surface area (Å²) >= 11 is 0. The molecule has 4 nitrogen and oxygen atoms in total. The summed E-state index contributed by atoms with van der Waals surface area (Å²) in [6.45, 7) is 4.81. The molecule has 2 unspecified atom stereocenters. The van der Waals surface area contributed by atoms with E-state index in [-0.39, 0.29) is 17.8 Å². The topological polar surface area (TPSA) is 49.4 Å². The van der Waals surface area contributed by atoms with Crippen LogP contribution in [0.4, 0.5) is 0 Å². The van der Waals surface area contributed by atoms with Gasteiger partial charge < -0.3 is 10.2 Å². The van der Waals surface area contributed by atoms with Crippen LogP contribution in [-0.2, 0) is 16.3 Å². The van der Waals surface area contributed by atoms with Crippen molar-refractivity contribution in [2.75, 3.05) is 32.6 Å². The summed E-state index contributed by atoms with van der Waals surface area (Å²) in [6.07, 6.45) is 2.32. The van der Waals surface area contributed by atoms with Crippen LogP contribution in [0, 0.1) is 0 Å². The number of nitrogens with zero attached hydrogens (tertiary/aromatic N) is 1. The van der Waals surface area contributed by atoms with Gasteiger partial charge in [-0.25, -0.2) is 8.42 Å². The van der Waals surface area contributed by atoms with E-state index in [4.69, 9.17) is 0 Å². The van der Waals surface area contributed by atoms with E-state index in [1.165, 1.54) is 17.4 Å². The normalized spacial score (nSPS) is 15.1. The van der Waals surface area contributed by atoms with Crippen LogP contribution in [0.3, 0.4) is 0 Å². The highest BCUT2D eigenvalue weighted by Gasteiger charge is 2.21. The molecule has 2 atom stereocenters. The Hall–Kier alpha value is -0.910. The van der Waals surface area contributed by atoms with E-state index >= 15 is 0 Å². The van der Waals surface area contributed by atoms with Crippen LogP contribution >= 0.6 is 0 Å². The van der Waals surface area contributed by atoms with Crippen molar-refractivity contribution >= 4 is 9.84 Å². The number of sulfone groups is 1. The molecule has 0 heterocycles. The van der Waals surface area contributed by atoms with E-state index in [1.54, 1.807) is 0 Å².